The van der Waals surface area contributed by atoms with Gasteiger partial charge in [0.25, 0.3) is 0 Å². The van der Waals surface area contributed by atoms with Crippen LogP contribution in [-0.4, -0.2) is 21.0 Å². The van der Waals surface area contributed by atoms with Crippen LogP contribution in [0.3, 0.4) is 0 Å². The number of para-hydroxylation sites is 1. The second kappa shape index (κ2) is 7.47. The van der Waals surface area contributed by atoms with Crippen LogP contribution >= 0.6 is 0 Å². The van der Waals surface area contributed by atoms with Crippen LogP contribution in [0.15, 0.2) is 83.8 Å². The lowest BCUT2D eigenvalue weighted by molar-refractivity contribution is 0.538. The zero-order valence-corrected chi connectivity index (χ0v) is 15.9. The third-order valence-corrected chi connectivity index (χ3v) is 6.35. The quantitative estimate of drug-likeness (QED) is 0.740. The topological polar surface area (TPSA) is 73.2 Å². The Morgan fingerprint density at radius 2 is 1.64 bits per heavy atom. The van der Waals surface area contributed by atoms with Gasteiger partial charge in [0.1, 0.15) is 0 Å². The molecule has 0 aliphatic carbocycles. The van der Waals surface area contributed by atoms with E-state index in [2.05, 4.69) is 15.7 Å². The van der Waals surface area contributed by atoms with Gasteiger partial charge in [0.15, 0.2) is 0 Å². The molecule has 1 aliphatic rings. The van der Waals surface area contributed by atoms with Crippen molar-refractivity contribution >= 4 is 21.4 Å². The molecule has 5 nitrogen and oxygen atoms in total. The van der Waals surface area contributed by atoms with Gasteiger partial charge in [0.05, 0.1) is 16.5 Å². The normalized spacial score (nSPS) is 16.2. The molecule has 0 bridgehead atoms. The van der Waals surface area contributed by atoms with Crippen LogP contribution in [0.2, 0.25) is 0 Å². The minimum atomic E-state index is -3.63. The second-order valence-electron chi connectivity index (χ2n) is 6.74. The van der Waals surface area contributed by atoms with E-state index in [0.29, 0.717) is 18.5 Å². The summed E-state index contributed by atoms with van der Waals surface area (Å²) < 4.78 is 28.4. The molecule has 0 spiro atoms. The molecular formula is C22H19N3O2S. The number of hydrogen-bond acceptors (Lipinski definition) is 4. The number of nitrogens with zero attached hydrogens (tertiary/aromatic N) is 2. The molecule has 4 rings (SSSR count). The van der Waals surface area contributed by atoms with Gasteiger partial charge in [-0.2, -0.15) is 5.26 Å². The molecule has 140 valence electrons. The minimum Gasteiger partial charge on any atom is -0.340 e. The molecule has 1 heterocycles. The fourth-order valence-corrected chi connectivity index (χ4v) is 4.80. The van der Waals surface area contributed by atoms with Gasteiger partial charge >= 0.3 is 0 Å². The van der Waals surface area contributed by atoms with Crippen molar-refractivity contribution in [3.05, 3.63) is 90.0 Å². The number of fused-ring (bicyclic) bond motifs is 1. The number of nitriles is 1. The number of anilines is 2. The maximum Gasteiger partial charge on any atom is 0.240 e. The fourth-order valence-electron chi connectivity index (χ4n) is 3.55. The van der Waals surface area contributed by atoms with Crippen molar-refractivity contribution in [1.82, 2.24) is 4.72 Å². The van der Waals surface area contributed by atoms with Crippen molar-refractivity contribution in [1.29, 1.82) is 5.26 Å². The third kappa shape index (κ3) is 3.63. The van der Waals surface area contributed by atoms with Crippen LogP contribution < -0.4 is 9.62 Å². The van der Waals surface area contributed by atoms with E-state index in [1.807, 2.05) is 42.5 Å². The molecule has 0 saturated carbocycles. The van der Waals surface area contributed by atoms with Crippen LogP contribution in [0.25, 0.3) is 0 Å². The van der Waals surface area contributed by atoms with Crippen molar-refractivity contribution in [2.75, 3.05) is 11.4 Å². The number of sulfonamides is 1. The summed E-state index contributed by atoms with van der Waals surface area (Å²) in [6, 6.07) is 25.6. The van der Waals surface area contributed by atoms with E-state index in [9.17, 15) is 13.7 Å². The Morgan fingerprint density at radius 1 is 0.964 bits per heavy atom. The molecule has 6 heteroatoms. The van der Waals surface area contributed by atoms with Gasteiger partial charge in [-0.25, -0.2) is 13.1 Å². The van der Waals surface area contributed by atoms with Crippen LogP contribution in [0.1, 0.15) is 11.1 Å². The Hall–Kier alpha value is -3.14. The van der Waals surface area contributed by atoms with Gasteiger partial charge in [-0.1, -0.05) is 36.4 Å². The Balaban J connectivity index is 1.70. The second-order valence-corrected chi connectivity index (χ2v) is 8.45. The van der Waals surface area contributed by atoms with Gasteiger partial charge in [0, 0.05) is 24.0 Å². The van der Waals surface area contributed by atoms with E-state index < -0.39 is 10.0 Å². The highest BCUT2D eigenvalue weighted by Gasteiger charge is 2.29. The summed E-state index contributed by atoms with van der Waals surface area (Å²) >= 11 is 0. The molecule has 3 aromatic carbocycles. The standard InChI is InChI=1S/C22H19N3O2S/c23-15-17-11-12-22-18(13-17)14-19(16-25(22)20-7-3-1-4-8-20)24-28(26,27)21-9-5-2-6-10-21/h1-13,19,24H,14,16H2. The van der Waals surface area contributed by atoms with Crippen LogP contribution in [0.5, 0.6) is 0 Å². The molecule has 3 aromatic rings. The first kappa shape index (κ1) is 18.2. The first-order valence-corrected chi connectivity index (χ1v) is 10.5. The molecule has 1 atom stereocenters. The van der Waals surface area contributed by atoms with Crippen molar-refractivity contribution in [2.24, 2.45) is 0 Å². The van der Waals surface area contributed by atoms with Crippen molar-refractivity contribution in [2.45, 2.75) is 17.4 Å². The molecule has 1 N–H and O–H groups in total. The van der Waals surface area contributed by atoms with Crippen molar-refractivity contribution in [3.8, 4) is 6.07 Å². The lowest BCUT2D eigenvalue weighted by Gasteiger charge is -2.36. The van der Waals surface area contributed by atoms with E-state index >= 15 is 0 Å². The molecular weight excluding hydrogens is 370 g/mol. The fraction of sp³-hybridized carbons (Fsp3) is 0.136. The summed E-state index contributed by atoms with van der Waals surface area (Å²) in [5, 5.41) is 9.25. The van der Waals surface area contributed by atoms with E-state index in [4.69, 9.17) is 0 Å². The predicted molar refractivity (Wildman–Crippen MR) is 109 cm³/mol. The lowest BCUT2D eigenvalue weighted by atomic mass is 9.96. The number of nitrogens with one attached hydrogen (secondary N) is 1. The van der Waals surface area contributed by atoms with Crippen molar-refractivity contribution in [3.63, 3.8) is 0 Å². The molecule has 0 fully saturated rings. The largest absolute Gasteiger partial charge is 0.340 e. The Morgan fingerprint density at radius 3 is 2.32 bits per heavy atom. The smallest absolute Gasteiger partial charge is 0.240 e. The van der Waals surface area contributed by atoms with Crippen LogP contribution in [0.4, 0.5) is 11.4 Å². The maximum atomic E-state index is 12.8. The number of hydrogen-bond donors (Lipinski definition) is 1. The summed E-state index contributed by atoms with van der Waals surface area (Å²) in [6.45, 7) is 0.509. The van der Waals surface area contributed by atoms with Gasteiger partial charge < -0.3 is 4.90 Å². The van der Waals surface area contributed by atoms with Gasteiger partial charge in [0.2, 0.25) is 10.0 Å². The summed E-state index contributed by atoms with van der Waals surface area (Å²) in [6.07, 6.45) is 0.528. The van der Waals surface area contributed by atoms with Crippen LogP contribution in [0, 0.1) is 11.3 Å². The first-order chi connectivity index (χ1) is 13.6. The summed E-state index contributed by atoms with van der Waals surface area (Å²) in [4.78, 5) is 2.34. The highest BCUT2D eigenvalue weighted by atomic mass is 32.2. The lowest BCUT2D eigenvalue weighted by Crippen LogP contribution is -2.46. The number of rotatable bonds is 4. The summed E-state index contributed by atoms with van der Waals surface area (Å²) in [7, 11) is -3.63. The van der Waals surface area contributed by atoms with E-state index in [1.54, 1.807) is 36.4 Å². The van der Waals surface area contributed by atoms with E-state index in [0.717, 1.165) is 16.9 Å². The molecule has 28 heavy (non-hydrogen) atoms. The number of benzene rings is 3. The van der Waals surface area contributed by atoms with Gasteiger partial charge in [-0.05, 0) is 54.4 Å². The Bertz CT molecular complexity index is 1120. The molecule has 1 aliphatic heterocycles. The highest BCUT2D eigenvalue weighted by molar-refractivity contribution is 7.89. The predicted octanol–water partition coefficient (Wildman–Crippen LogP) is 3.60. The highest BCUT2D eigenvalue weighted by Crippen LogP contribution is 2.34. The summed E-state index contributed by atoms with van der Waals surface area (Å²) in [5.41, 5.74) is 3.51. The minimum absolute atomic E-state index is 0.248. The molecule has 0 radical (unpaired) electrons. The average Bonchev–Trinajstić information content (AvgIpc) is 2.73. The Labute approximate surface area is 164 Å². The SMILES string of the molecule is N#Cc1ccc2c(c1)CC(NS(=O)(=O)c1ccccc1)CN2c1ccccc1. The first-order valence-electron chi connectivity index (χ1n) is 9.00. The van der Waals surface area contributed by atoms with Gasteiger partial charge in [-0.15, -0.1) is 0 Å². The Kier molecular flexibility index (Phi) is 4.86. The van der Waals surface area contributed by atoms with Crippen molar-refractivity contribution < 1.29 is 8.42 Å². The third-order valence-electron chi connectivity index (χ3n) is 4.81. The molecule has 1 unspecified atom stereocenters. The molecule has 0 amide bonds. The van der Waals surface area contributed by atoms with E-state index in [-0.39, 0.29) is 10.9 Å². The average molecular weight is 389 g/mol. The van der Waals surface area contributed by atoms with Gasteiger partial charge in [-0.3, -0.25) is 0 Å². The van der Waals surface area contributed by atoms with E-state index in [1.165, 1.54) is 0 Å². The zero-order valence-electron chi connectivity index (χ0n) is 15.1. The molecule has 0 aromatic heterocycles. The monoisotopic (exact) mass is 389 g/mol. The summed E-state index contributed by atoms with van der Waals surface area (Å²) in [5.74, 6) is 0. The zero-order chi connectivity index (χ0) is 19.6. The maximum absolute atomic E-state index is 12.8. The molecule has 0 saturated heterocycles. The van der Waals surface area contributed by atoms with Crippen LogP contribution in [-0.2, 0) is 16.4 Å².